The van der Waals surface area contributed by atoms with E-state index in [1.54, 1.807) is 18.6 Å². The molecule has 29 heavy (non-hydrogen) atoms. The average molecular weight is 383 g/mol. The van der Waals surface area contributed by atoms with Gasteiger partial charge in [0.15, 0.2) is 0 Å². The fourth-order valence-electron chi connectivity index (χ4n) is 3.26. The zero-order chi connectivity index (χ0) is 19.9. The van der Waals surface area contributed by atoms with Gasteiger partial charge in [0, 0.05) is 37.1 Å². The van der Waals surface area contributed by atoms with Gasteiger partial charge < -0.3 is 9.64 Å². The molecule has 0 spiro atoms. The van der Waals surface area contributed by atoms with Crippen molar-refractivity contribution in [1.29, 1.82) is 0 Å². The van der Waals surface area contributed by atoms with Crippen molar-refractivity contribution in [3.63, 3.8) is 0 Å². The molecule has 4 aromatic heterocycles. The van der Waals surface area contributed by atoms with Crippen LogP contribution < -0.4 is 9.64 Å². The van der Waals surface area contributed by atoms with Crippen LogP contribution in [0.3, 0.4) is 0 Å². The number of aromatic nitrogens is 4. The lowest BCUT2D eigenvalue weighted by Gasteiger charge is -2.33. The molecule has 0 unspecified atom stereocenters. The molecule has 0 N–H and O–H groups in total. The van der Waals surface area contributed by atoms with Crippen LogP contribution in [0.2, 0.25) is 0 Å². The van der Waals surface area contributed by atoms with Gasteiger partial charge in [-0.15, -0.1) is 0 Å². The molecule has 0 atom stereocenters. The summed E-state index contributed by atoms with van der Waals surface area (Å²) in [6, 6.07) is 15.7. The van der Waals surface area contributed by atoms with Gasteiger partial charge >= 0.3 is 0 Å². The monoisotopic (exact) mass is 383 g/mol. The van der Waals surface area contributed by atoms with Crippen molar-refractivity contribution in [2.75, 3.05) is 11.5 Å². The summed E-state index contributed by atoms with van der Waals surface area (Å²) < 4.78 is 5.51. The molecule has 6 heteroatoms. The zero-order valence-corrected chi connectivity index (χ0v) is 16.1. The molecular weight excluding hydrogens is 362 g/mol. The first-order valence-corrected chi connectivity index (χ1v) is 9.45. The first-order valence-electron chi connectivity index (χ1n) is 9.45. The highest BCUT2D eigenvalue weighted by molar-refractivity contribution is 5.65. The van der Waals surface area contributed by atoms with Crippen LogP contribution in [-0.2, 0) is 0 Å². The maximum Gasteiger partial charge on any atom is 0.213 e. The molecule has 0 fully saturated rings. The largest absolute Gasteiger partial charge is 0.478 e. The Hall–Kier alpha value is -3.80. The van der Waals surface area contributed by atoms with Crippen LogP contribution in [0.5, 0.6) is 5.88 Å². The minimum atomic E-state index is -0.152. The molecule has 0 aliphatic heterocycles. The minimum Gasteiger partial charge on any atom is -0.478 e. The van der Waals surface area contributed by atoms with Crippen LogP contribution in [0.25, 0.3) is 0 Å². The minimum absolute atomic E-state index is 0.152. The van der Waals surface area contributed by atoms with Gasteiger partial charge in [0.25, 0.3) is 0 Å². The summed E-state index contributed by atoms with van der Waals surface area (Å²) in [5.74, 6) is 0.599. The van der Waals surface area contributed by atoms with Gasteiger partial charge in [-0.25, -0.2) is 4.98 Å². The molecule has 0 amide bonds. The normalized spacial score (nSPS) is 10.7. The Morgan fingerprint density at radius 1 is 0.759 bits per heavy atom. The van der Waals surface area contributed by atoms with Gasteiger partial charge in [0.05, 0.1) is 36.4 Å². The fourth-order valence-corrected chi connectivity index (χ4v) is 3.26. The van der Waals surface area contributed by atoms with Crippen molar-refractivity contribution < 1.29 is 4.74 Å². The first kappa shape index (κ1) is 18.6. The van der Waals surface area contributed by atoms with Crippen LogP contribution in [0.15, 0.2) is 91.9 Å². The number of pyridine rings is 4. The van der Waals surface area contributed by atoms with Crippen LogP contribution >= 0.6 is 0 Å². The van der Waals surface area contributed by atoms with Crippen molar-refractivity contribution in [3.8, 4) is 5.88 Å². The summed E-state index contributed by atoms with van der Waals surface area (Å²) in [5, 5.41) is 0. The smallest absolute Gasteiger partial charge is 0.213 e. The fraction of sp³-hybridized carbons (Fsp3) is 0.130. The molecule has 0 bridgehead atoms. The molecule has 6 nitrogen and oxygen atoms in total. The maximum atomic E-state index is 5.51. The van der Waals surface area contributed by atoms with E-state index in [4.69, 9.17) is 4.74 Å². The Balaban J connectivity index is 1.87. The lowest BCUT2D eigenvalue weighted by molar-refractivity contribution is 0.327. The third kappa shape index (κ3) is 4.21. The van der Waals surface area contributed by atoms with Crippen LogP contribution in [-0.4, -0.2) is 26.5 Å². The molecule has 144 valence electrons. The first-order chi connectivity index (χ1) is 14.4. The summed E-state index contributed by atoms with van der Waals surface area (Å²) in [4.78, 5) is 19.7. The SMILES string of the molecule is CCOc1ccc(N(c2cccnc2)C(c2cccnc2)c2cccnc2)cn1. The topological polar surface area (TPSA) is 64.0 Å². The van der Waals surface area contributed by atoms with Crippen molar-refractivity contribution in [2.24, 2.45) is 0 Å². The molecule has 4 heterocycles. The van der Waals surface area contributed by atoms with Gasteiger partial charge in [-0.3, -0.25) is 15.0 Å². The molecule has 0 aromatic carbocycles. The van der Waals surface area contributed by atoms with E-state index in [1.165, 1.54) is 0 Å². The van der Waals surface area contributed by atoms with Gasteiger partial charge in [-0.05, 0) is 48.4 Å². The summed E-state index contributed by atoms with van der Waals surface area (Å²) in [6.07, 6.45) is 12.7. The van der Waals surface area contributed by atoms with Crippen LogP contribution in [0, 0.1) is 0 Å². The molecule has 0 radical (unpaired) electrons. The van der Waals surface area contributed by atoms with Gasteiger partial charge in [-0.2, -0.15) is 0 Å². The molecule has 4 rings (SSSR count). The highest BCUT2D eigenvalue weighted by Gasteiger charge is 2.25. The Labute approximate surface area is 169 Å². The molecule has 0 aliphatic carbocycles. The van der Waals surface area contributed by atoms with Crippen molar-refractivity contribution in [3.05, 3.63) is 103 Å². The quantitative estimate of drug-likeness (QED) is 0.465. The summed E-state index contributed by atoms with van der Waals surface area (Å²) >= 11 is 0. The molecule has 0 saturated heterocycles. The van der Waals surface area contributed by atoms with Crippen molar-refractivity contribution in [2.45, 2.75) is 13.0 Å². The van der Waals surface area contributed by atoms with E-state index in [1.807, 2.05) is 68.1 Å². The van der Waals surface area contributed by atoms with Gasteiger partial charge in [-0.1, -0.05) is 12.1 Å². The highest BCUT2D eigenvalue weighted by Crippen LogP contribution is 2.38. The number of hydrogen-bond acceptors (Lipinski definition) is 6. The van der Waals surface area contributed by atoms with Gasteiger partial charge in [0.2, 0.25) is 5.88 Å². The van der Waals surface area contributed by atoms with Crippen molar-refractivity contribution >= 4 is 11.4 Å². The van der Waals surface area contributed by atoms with E-state index in [0.29, 0.717) is 12.5 Å². The van der Waals surface area contributed by atoms with Crippen LogP contribution in [0.1, 0.15) is 24.1 Å². The van der Waals surface area contributed by atoms with E-state index >= 15 is 0 Å². The van der Waals surface area contributed by atoms with E-state index in [9.17, 15) is 0 Å². The number of nitrogens with zero attached hydrogens (tertiary/aromatic N) is 5. The third-order valence-corrected chi connectivity index (χ3v) is 4.47. The Kier molecular flexibility index (Phi) is 5.71. The number of anilines is 2. The lowest BCUT2D eigenvalue weighted by atomic mass is 9.98. The predicted octanol–water partition coefficient (Wildman–Crippen LogP) is 4.59. The zero-order valence-electron chi connectivity index (χ0n) is 16.1. The Bertz CT molecular complexity index is 972. The lowest BCUT2D eigenvalue weighted by Crippen LogP contribution is -2.25. The average Bonchev–Trinajstić information content (AvgIpc) is 2.80. The number of hydrogen-bond donors (Lipinski definition) is 0. The number of ether oxygens (including phenoxy) is 1. The van der Waals surface area contributed by atoms with Crippen LogP contribution in [0.4, 0.5) is 11.4 Å². The Morgan fingerprint density at radius 2 is 1.38 bits per heavy atom. The predicted molar refractivity (Wildman–Crippen MR) is 112 cm³/mol. The van der Waals surface area contributed by atoms with E-state index in [-0.39, 0.29) is 6.04 Å². The van der Waals surface area contributed by atoms with E-state index < -0.39 is 0 Å². The second-order valence-corrected chi connectivity index (χ2v) is 6.34. The van der Waals surface area contributed by atoms with E-state index in [0.717, 1.165) is 22.5 Å². The molecule has 0 aliphatic rings. The van der Waals surface area contributed by atoms with Crippen molar-refractivity contribution in [1.82, 2.24) is 19.9 Å². The standard InChI is InChI=1S/C23H21N5O/c1-2-29-22-10-9-21(17-27-22)28(20-8-5-13-26-16-20)23(18-6-3-11-24-14-18)19-7-4-12-25-15-19/h3-17,23H,2H2,1H3. The summed E-state index contributed by atoms with van der Waals surface area (Å²) in [7, 11) is 0. The van der Waals surface area contributed by atoms with Gasteiger partial charge in [0.1, 0.15) is 0 Å². The third-order valence-electron chi connectivity index (χ3n) is 4.47. The second kappa shape index (κ2) is 8.93. The maximum absolute atomic E-state index is 5.51. The Morgan fingerprint density at radius 3 is 1.86 bits per heavy atom. The molecule has 0 saturated carbocycles. The second-order valence-electron chi connectivity index (χ2n) is 6.34. The molecular formula is C23H21N5O. The molecule has 4 aromatic rings. The van der Waals surface area contributed by atoms with E-state index in [2.05, 4.69) is 37.0 Å². The number of rotatable bonds is 7. The summed E-state index contributed by atoms with van der Waals surface area (Å²) in [5.41, 5.74) is 3.94. The highest BCUT2D eigenvalue weighted by atomic mass is 16.5. The summed E-state index contributed by atoms with van der Waals surface area (Å²) in [6.45, 7) is 2.52.